The molecule has 1 amide bonds. The molecular weight excluding hydrogens is 350 g/mol. The third kappa shape index (κ3) is 3.87. The number of imidazole rings is 1. The molecule has 2 aromatic carbocycles. The molecule has 0 spiro atoms. The number of nitrogens with zero attached hydrogens (tertiary/aromatic N) is 3. The third-order valence-corrected chi connectivity index (χ3v) is 5.47. The van der Waals surface area contributed by atoms with E-state index in [2.05, 4.69) is 40.1 Å². The highest BCUT2D eigenvalue weighted by Gasteiger charge is 2.23. The van der Waals surface area contributed by atoms with Gasteiger partial charge in [0.15, 0.2) is 0 Å². The Balaban J connectivity index is 1.43. The number of benzene rings is 2. The first kappa shape index (κ1) is 18.5. The van der Waals surface area contributed by atoms with Gasteiger partial charge in [-0.15, -0.1) is 0 Å². The van der Waals surface area contributed by atoms with Gasteiger partial charge in [0.05, 0.1) is 11.0 Å². The second kappa shape index (κ2) is 8.02. The average Bonchev–Trinajstić information content (AvgIpc) is 3.07. The molecule has 0 radical (unpaired) electrons. The molecular formula is C22H27N5O. The van der Waals surface area contributed by atoms with Crippen LogP contribution in [0.1, 0.15) is 19.8 Å². The number of para-hydroxylation sites is 2. The van der Waals surface area contributed by atoms with Crippen LogP contribution < -0.4 is 10.6 Å². The van der Waals surface area contributed by atoms with Gasteiger partial charge in [0.2, 0.25) is 11.9 Å². The molecule has 0 aliphatic carbocycles. The largest absolute Gasteiger partial charge is 0.326 e. The van der Waals surface area contributed by atoms with Crippen LogP contribution in [0.25, 0.3) is 11.0 Å². The van der Waals surface area contributed by atoms with Gasteiger partial charge in [0.25, 0.3) is 0 Å². The maximum absolute atomic E-state index is 12.5. The molecule has 6 nitrogen and oxygen atoms in total. The lowest BCUT2D eigenvalue weighted by Gasteiger charge is -2.28. The van der Waals surface area contributed by atoms with Crippen molar-refractivity contribution in [2.75, 3.05) is 30.8 Å². The molecule has 0 atom stereocenters. The van der Waals surface area contributed by atoms with Gasteiger partial charge in [-0.1, -0.05) is 12.1 Å². The highest BCUT2D eigenvalue weighted by molar-refractivity contribution is 5.92. The molecule has 1 aliphatic rings. The van der Waals surface area contributed by atoms with Gasteiger partial charge in [-0.3, -0.25) is 4.79 Å². The molecule has 0 unspecified atom stereocenters. The van der Waals surface area contributed by atoms with Crippen LogP contribution in [0.3, 0.4) is 0 Å². The lowest BCUT2D eigenvalue weighted by molar-refractivity contribution is -0.121. The van der Waals surface area contributed by atoms with E-state index in [1.807, 2.05) is 42.5 Å². The Hall–Kier alpha value is -2.86. The smallest absolute Gasteiger partial charge is 0.227 e. The Morgan fingerprint density at radius 2 is 1.75 bits per heavy atom. The summed E-state index contributed by atoms with van der Waals surface area (Å²) in [5.41, 5.74) is 3.88. The van der Waals surface area contributed by atoms with Crippen molar-refractivity contribution >= 4 is 34.3 Å². The molecule has 6 heteroatoms. The molecule has 0 bridgehead atoms. The van der Waals surface area contributed by atoms with Crippen molar-refractivity contribution in [2.45, 2.75) is 26.3 Å². The lowest BCUT2D eigenvalue weighted by atomic mass is 9.96. The standard InChI is InChI=1S/C22H27N5O/c1-3-27-20-7-5-4-6-19(20)25-22(27)24-18-10-8-17(9-11-18)23-21(28)16-12-14-26(2)15-13-16/h4-11,16H,3,12-15H2,1-2H3,(H,23,28)(H,24,25). The third-order valence-electron chi connectivity index (χ3n) is 5.47. The zero-order chi connectivity index (χ0) is 19.5. The number of carbonyl (C=O) groups excluding carboxylic acids is 1. The SMILES string of the molecule is CCn1c(Nc2ccc(NC(=O)C3CCN(C)CC3)cc2)nc2ccccc21. The highest BCUT2D eigenvalue weighted by Crippen LogP contribution is 2.24. The summed E-state index contributed by atoms with van der Waals surface area (Å²) in [7, 11) is 2.10. The monoisotopic (exact) mass is 377 g/mol. The molecule has 1 aromatic heterocycles. The van der Waals surface area contributed by atoms with Crippen molar-refractivity contribution < 1.29 is 4.79 Å². The first-order valence-electron chi connectivity index (χ1n) is 9.96. The summed E-state index contributed by atoms with van der Waals surface area (Å²) in [5.74, 6) is 1.06. The Labute approximate surface area is 165 Å². The zero-order valence-corrected chi connectivity index (χ0v) is 16.5. The van der Waals surface area contributed by atoms with E-state index in [1.54, 1.807) is 0 Å². The van der Waals surface area contributed by atoms with Gasteiger partial charge in [0, 0.05) is 23.8 Å². The number of hydrogen-bond acceptors (Lipinski definition) is 4. The Bertz CT molecular complexity index is 955. The fraction of sp³-hybridized carbons (Fsp3) is 0.364. The molecule has 146 valence electrons. The Morgan fingerprint density at radius 1 is 1.07 bits per heavy atom. The molecule has 0 saturated carbocycles. The minimum absolute atomic E-state index is 0.110. The Kier molecular flexibility index (Phi) is 5.30. The fourth-order valence-electron chi connectivity index (χ4n) is 3.77. The first-order chi connectivity index (χ1) is 13.6. The van der Waals surface area contributed by atoms with E-state index in [-0.39, 0.29) is 11.8 Å². The first-order valence-corrected chi connectivity index (χ1v) is 9.96. The number of likely N-dealkylation sites (tertiary alicyclic amines) is 1. The number of aromatic nitrogens is 2. The minimum Gasteiger partial charge on any atom is -0.326 e. The van der Waals surface area contributed by atoms with E-state index in [0.29, 0.717) is 0 Å². The molecule has 3 aromatic rings. The number of nitrogens with one attached hydrogen (secondary N) is 2. The van der Waals surface area contributed by atoms with Gasteiger partial charge in [0.1, 0.15) is 0 Å². The molecule has 1 saturated heterocycles. The van der Waals surface area contributed by atoms with Gasteiger partial charge < -0.3 is 20.1 Å². The van der Waals surface area contributed by atoms with Gasteiger partial charge in [-0.05, 0) is 76.3 Å². The molecule has 28 heavy (non-hydrogen) atoms. The number of fused-ring (bicyclic) bond motifs is 1. The van der Waals surface area contributed by atoms with Crippen molar-refractivity contribution in [1.29, 1.82) is 0 Å². The predicted octanol–water partition coefficient (Wildman–Crippen LogP) is 4.08. The number of carbonyl (C=O) groups is 1. The average molecular weight is 377 g/mol. The maximum atomic E-state index is 12.5. The lowest BCUT2D eigenvalue weighted by Crippen LogP contribution is -2.35. The predicted molar refractivity (Wildman–Crippen MR) is 114 cm³/mol. The van der Waals surface area contributed by atoms with Crippen molar-refractivity contribution in [2.24, 2.45) is 5.92 Å². The van der Waals surface area contributed by atoms with E-state index in [9.17, 15) is 4.79 Å². The second-order valence-corrected chi connectivity index (χ2v) is 7.44. The number of piperidine rings is 1. The van der Waals surface area contributed by atoms with E-state index < -0.39 is 0 Å². The molecule has 2 heterocycles. The van der Waals surface area contributed by atoms with Crippen molar-refractivity contribution in [3.8, 4) is 0 Å². The van der Waals surface area contributed by atoms with Crippen LogP contribution in [-0.4, -0.2) is 40.5 Å². The van der Waals surface area contributed by atoms with Crippen LogP contribution in [0.4, 0.5) is 17.3 Å². The highest BCUT2D eigenvalue weighted by atomic mass is 16.1. The minimum atomic E-state index is 0.110. The summed E-state index contributed by atoms with van der Waals surface area (Å²) in [6.45, 7) is 4.92. The zero-order valence-electron chi connectivity index (χ0n) is 16.5. The van der Waals surface area contributed by atoms with Crippen molar-refractivity contribution in [1.82, 2.24) is 14.5 Å². The molecule has 4 rings (SSSR count). The molecule has 2 N–H and O–H groups in total. The van der Waals surface area contributed by atoms with Gasteiger partial charge >= 0.3 is 0 Å². The van der Waals surface area contributed by atoms with Gasteiger partial charge in [-0.2, -0.15) is 0 Å². The molecule has 1 fully saturated rings. The Morgan fingerprint density at radius 3 is 2.46 bits per heavy atom. The number of amides is 1. The van der Waals surface area contributed by atoms with Crippen LogP contribution in [0.2, 0.25) is 0 Å². The molecule has 1 aliphatic heterocycles. The number of anilines is 3. The van der Waals surface area contributed by atoms with E-state index in [4.69, 9.17) is 4.98 Å². The normalized spacial score (nSPS) is 15.6. The van der Waals surface area contributed by atoms with Crippen molar-refractivity contribution in [3.05, 3.63) is 48.5 Å². The van der Waals surface area contributed by atoms with Crippen LogP contribution in [-0.2, 0) is 11.3 Å². The summed E-state index contributed by atoms with van der Waals surface area (Å²) < 4.78 is 2.16. The number of aryl methyl sites for hydroxylation is 1. The van der Waals surface area contributed by atoms with E-state index >= 15 is 0 Å². The van der Waals surface area contributed by atoms with E-state index in [1.165, 1.54) is 0 Å². The summed E-state index contributed by atoms with van der Waals surface area (Å²) >= 11 is 0. The second-order valence-electron chi connectivity index (χ2n) is 7.44. The van der Waals surface area contributed by atoms with Crippen LogP contribution in [0.15, 0.2) is 48.5 Å². The fourth-order valence-corrected chi connectivity index (χ4v) is 3.77. The number of hydrogen-bond donors (Lipinski definition) is 2. The van der Waals surface area contributed by atoms with E-state index in [0.717, 1.165) is 60.8 Å². The maximum Gasteiger partial charge on any atom is 0.227 e. The van der Waals surface area contributed by atoms with Crippen molar-refractivity contribution in [3.63, 3.8) is 0 Å². The number of rotatable bonds is 5. The van der Waals surface area contributed by atoms with Gasteiger partial charge in [-0.25, -0.2) is 4.98 Å². The summed E-state index contributed by atoms with van der Waals surface area (Å²) in [6.07, 6.45) is 1.85. The summed E-state index contributed by atoms with van der Waals surface area (Å²) in [6, 6.07) is 16.0. The topological polar surface area (TPSA) is 62.2 Å². The quantitative estimate of drug-likeness (QED) is 0.703. The van der Waals surface area contributed by atoms with Crippen LogP contribution >= 0.6 is 0 Å². The van der Waals surface area contributed by atoms with Crippen LogP contribution in [0.5, 0.6) is 0 Å². The summed E-state index contributed by atoms with van der Waals surface area (Å²) in [4.78, 5) is 19.4. The summed E-state index contributed by atoms with van der Waals surface area (Å²) in [5, 5.41) is 6.45. The van der Waals surface area contributed by atoms with Crippen LogP contribution in [0, 0.1) is 5.92 Å².